The number of unbranched alkanes of at least 4 members (excludes halogenated alkanes) is 1. The molecular formula is C20H26N2+2. The molecule has 22 heavy (non-hydrogen) atoms. The summed E-state index contributed by atoms with van der Waals surface area (Å²) >= 11 is 0. The number of pyridine rings is 2. The highest BCUT2D eigenvalue weighted by molar-refractivity contribution is 5.11. The van der Waals surface area contributed by atoms with Gasteiger partial charge in [0.15, 0.2) is 24.8 Å². The van der Waals surface area contributed by atoms with Crippen LogP contribution in [0.1, 0.15) is 24.0 Å². The third kappa shape index (κ3) is 5.28. The Morgan fingerprint density at radius 3 is 1.36 bits per heavy atom. The predicted molar refractivity (Wildman–Crippen MR) is 90.3 cm³/mol. The number of rotatable bonds is 9. The minimum atomic E-state index is 0.944. The van der Waals surface area contributed by atoms with Crippen molar-refractivity contribution in [3.8, 4) is 0 Å². The van der Waals surface area contributed by atoms with Crippen LogP contribution in [0.15, 0.2) is 74.4 Å². The minimum absolute atomic E-state index is 0.944. The van der Waals surface area contributed by atoms with Crippen molar-refractivity contribution in [1.29, 1.82) is 0 Å². The lowest BCUT2D eigenvalue weighted by molar-refractivity contribution is -0.708. The molecule has 2 aromatic heterocycles. The van der Waals surface area contributed by atoms with Crippen molar-refractivity contribution in [2.24, 2.45) is 0 Å². The van der Waals surface area contributed by atoms with Gasteiger partial charge in [0.05, 0.1) is 0 Å². The van der Waals surface area contributed by atoms with Gasteiger partial charge < -0.3 is 0 Å². The molecule has 0 unspecified atom stereocenters. The van der Waals surface area contributed by atoms with Crippen molar-refractivity contribution < 1.29 is 9.13 Å². The fourth-order valence-electron chi connectivity index (χ4n) is 2.47. The highest BCUT2D eigenvalue weighted by Gasteiger charge is 2.04. The van der Waals surface area contributed by atoms with Gasteiger partial charge in [-0.3, -0.25) is 0 Å². The summed E-state index contributed by atoms with van der Waals surface area (Å²) in [5, 5.41) is 0. The predicted octanol–water partition coefficient (Wildman–Crippen LogP) is 3.20. The summed E-state index contributed by atoms with van der Waals surface area (Å²) in [6.07, 6.45) is 16.8. The Labute approximate surface area is 134 Å². The molecule has 0 amide bonds. The van der Waals surface area contributed by atoms with Crippen LogP contribution in [0.3, 0.4) is 0 Å². The van der Waals surface area contributed by atoms with Crippen molar-refractivity contribution in [1.82, 2.24) is 0 Å². The third-order valence-electron chi connectivity index (χ3n) is 3.76. The molecule has 0 aliphatic rings. The number of aryl methyl sites for hydroxylation is 2. The maximum atomic E-state index is 3.77. The second kappa shape index (κ2) is 8.93. The fourth-order valence-corrected chi connectivity index (χ4v) is 2.47. The molecule has 2 heterocycles. The molecule has 0 N–H and O–H groups in total. The molecule has 0 bridgehead atoms. The lowest BCUT2D eigenvalue weighted by atomic mass is 10.2. The summed E-state index contributed by atoms with van der Waals surface area (Å²) in [7, 11) is 0. The molecule has 2 aromatic rings. The van der Waals surface area contributed by atoms with Crippen LogP contribution in [-0.4, -0.2) is 0 Å². The van der Waals surface area contributed by atoms with Crippen molar-refractivity contribution >= 4 is 0 Å². The fraction of sp³-hybridized carbons (Fsp3) is 0.300. The van der Waals surface area contributed by atoms with Crippen molar-refractivity contribution in [2.75, 3.05) is 0 Å². The number of nitrogens with zero attached hydrogens (tertiary/aromatic N) is 2. The van der Waals surface area contributed by atoms with E-state index in [4.69, 9.17) is 0 Å². The van der Waals surface area contributed by atoms with E-state index in [9.17, 15) is 0 Å². The summed E-state index contributed by atoms with van der Waals surface area (Å²) in [6, 6.07) is 8.70. The van der Waals surface area contributed by atoms with E-state index in [1.807, 2.05) is 12.2 Å². The van der Waals surface area contributed by atoms with E-state index in [2.05, 4.69) is 71.3 Å². The number of allylic oxidation sites excluding steroid dienone is 2. The number of hydrogen-bond acceptors (Lipinski definition) is 0. The molecule has 0 atom stereocenters. The first-order valence-corrected chi connectivity index (χ1v) is 7.99. The van der Waals surface area contributed by atoms with Gasteiger partial charge in [-0.05, 0) is 24.0 Å². The summed E-state index contributed by atoms with van der Waals surface area (Å²) in [6.45, 7) is 9.68. The molecule has 2 rings (SSSR count). The van der Waals surface area contributed by atoms with E-state index in [1.54, 1.807) is 0 Å². The zero-order valence-corrected chi connectivity index (χ0v) is 13.3. The second-order valence-corrected chi connectivity index (χ2v) is 5.58. The van der Waals surface area contributed by atoms with Crippen LogP contribution in [0, 0.1) is 0 Å². The second-order valence-electron chi connectivity index (χ2n) is 5.58. The average Bonchev–Trinajstić information content (AvgIpc) is 2.55. The average molecular weight is 294 g/mol. The van der Waals surface area contributed by atoms with Crippen molar-refractivity contribution in [3.63, 3.8) is 0 Å². The quantitative estimate of drug-likeness (QED) is 0.381. The summed E-state index contributed by atoms with van der Waals surface area (Å²) in [4.78, 5) is 0. The molecule has 0 spiro atoms. The maximum Gasteiger partial charge on any atom is 0.169 e. The summed E-state index contributed by atoms with van der Waals surface area (Å²) < 4.78 is 4.51. The van der Waals surface area contributed by atoms with Crippen LogP contribution in [0.5, 0.6) is 0 Å². The maximum absolute atomic E-state index is 3.77. The lowest BCUT2D eigenvalue weighted by Crippen LogP contribution is -2.35. The van der Waals surface area contributed by atoms with Gasteiger partial charge in [0.25, 0.3) is 0 Å². The Morgan fingerprint density at radius 1 is 0.682 bits per heavy atom. The SMILES string of the molecule is C=CCc1cc[n+](CCCC[n+]2ccc(CC=C)cc2)cc1. The van der Waals surface area contributed by atoms with Gasteiger partial charge in [-0.25, -0.2) is 9.13 Å². The van der Waals surface area contributed by atoms with Crippen LogP contribution in [0.4, 0.5) is 0 Å². The Hall–Kier alpha value is -2.22. The summed E-state index contributed by atoms with van der Waals surface area (Å²) in [5.41, 5.74) is 2.64. The van der Waals surface area contributed by atoms with Crippen molar-refractivity contribution in [3.05, 3.63) is 85.5 Å². The van der Waals surface area contributed by atoms with E-state index in [1.165, 1.54) is 24.0 Å². The largest absolute Gasteiger partial charge is 0.205 e. The summed E-state index contributed by atoms with van der Waals surface area (Å²) in [5.74, 6) is 0. The van der Waals surface area contributed by atoms with Gasteiger partial charge in [0.2, 0.25) is 0 Å². The molecular weight excluding hydrogens is 268 g/mol. The zero-order valence-electron chi connectivity index (χ0n) is 13.3. The molecule has 0 saturated carbocycles. The molecule has 0 fully saturated rings. The molecule has 114 valence electrons. The smallest absolute Gasteiger partial charge is 0.169 e. The van der Waals surface area contributed by atoms with E-state index < -0.39 is 0 Å². The molecule has 2 heteroatoms. The normalized spacial score (nSPS) is 10.4. The van der Waals surface area contributed by atoms with Gasteiger partial charge in [0, 0.05) is 37.1 Å². The highest BCUT2D eigenvalue weighted by Crippen LogP contribution is 1.99. The molecule has 0 radical (unpaired) electrons. The van der Waals surface area contributed by atoms with E-state index in [0.717, 1.165) is 25.9 Å². The first-order chi connectivity index (χ1) is 10.8. The topological polar surface area (TPSA) is 7.76 Å². The minimum Gasteiger partial charge on any atom is -0.205 e. The Balaban J connectivity index is 1.72. The third-order valence-corrected chi connectivity index (χ3v) is 3.76. The number of hydrogen-bond donors (Lipinski definition) is 0. The van der Waals surface area contributed by atoms with E-state index in [-0.39, 0.29) is 0 Å². The van der Waals surface area contributed by atoms with Gasteiger partial charge in [-0.15, -0.1) is 13.2 Å². The van der Waals surface area contributed by atoms with Crippen molar-refractivity contribution in [2.45, 2.75) is 38.8 Å². The van der Waals surface area contributed by atoms with Crippen LogP contribution in [0.2, 0.25) is 0 Å². The van der Waals surface area contributed by atoms with Gasteiger partial charge >= 0.3 is 0 Å². The first-order valence-electron chi connectivity index (χ1n) is 7.99. The van der Waals surface area contributed by atoms with E-state index in [0.29, 0.717) is 0 Å². The molecule has 2 nitrogen and oxygen atoms in total. The Bertz CT molecular complexity index is 527. The Morgan fingerprint density at radius 2 is 1.05 bits per heavy atom. The first kappa shape index (κ1) is 16.2. The molecule has 0 aromatic carbocycles. The van der Waals surface area contributed by atoms with Crippen LogP contribution in [0.25, 0.3) is 0 Å². The highest BCUT2D eigenvalue weighted by atomic mass is 14.9. The lowest BCUT2D eigenvalue weighted by Gasteiger charge is -1.99. The zero-order chi connectivity index (χ0) is 15.6. The monoisotopic (exact) mass is 294 g/mol. The molecule has 0 saturated heterocycles. The standard InChI is InChI=1S/C20H26N2/c1-3-7-19-9-15-21(16-10-19)13-5-6-14-22-17-11-20(8-4-2)12-18-22/h3-4,9-12,15-18H,1-2,5-8,13-14H2/q+2. The van der Waals surface area contributed by atoms with Gasteiger partial charge in [-0.2, -0.15) is 0 Å². The van der Waals surface area contributed by atoms with Crippen LogP contribution >= 0.6 is 0 Å². The van der Waals surface area contributed by atoms with Gasteiger partial charge in [-0.1, -0.05) is 12.2 Å². The van der Waals surface area contributed by atoms with Crippen LogP contribution < -0.4 is 9.13 Å². The van der Waals surface area contributed by atoms with Gasteiger partial charge in [0.1, 0.15) is 13.1 Å². The molecule has 0 aliphatic heterocycles. The Kier molecular flexibility index (Phi) is 6.56. The number of aromatic nitrogens is 2. The van der Waals surface area contributed by atoms with E-state index >= 15 is 0 Å². The molecule has 0 aliphatic carbocycles. The van der Waals surface area contributed by atoms with Crippen LogP contribution in [-0.2, 0) is 25.9 Å².